The summed E-state index contributed by atoms with van der Waals surface area (Å²) in [5, 5.41) is 0.547. The Morgan fingerprint density at radius 2 is 1.88 bits per heavy atom. The van der Waals surface area contributed by atoms with Gasteiger partial charge in [0.2, 0.25) is 10.0 Å². The Labute approximate surface area is 145 Å². The highest BCUT2D eigenvalue weighted by atomic mass is 35.5. The highest BCUT2D eigenvalue weighted by Gasteiger charge is 2.14. The molecule has 0 aliphatic carbocycles. The van der Waals surface area contributed by atoms with E-state index < -0.39 is 16.0 Å². The van der Waals surface area contributed by atoms with Gasteiger partial charge in [0.15, 0.2) is 0 Å². The van der Waals surface area contributed by atoms with Gasteiger partial charge in [-0.3, -0.25) is 4.72 Å². The summed E-state index contributed by atoms with van der Waals surface area (Å²) in [6, 6.07) is 13.1. The lowest BCUT2D eigenvalue weighted by atomic mass is 10.2. The predicted molar refractivity (Wildman–Crippen MR) is 92.1 cm³/mol. The second-order valence-corrected chi connectivity index (χ2v) is 7.05. The molecular weight excluding hydrogens is 354 g/mol. The van der Waals surface area contributed by atoms with Crippen LogP contribution in [0.2, 0.25) is 5.02 Å². The number of rotatable bonds is 7. The van der Waals surface area contributed by atoms with Gasteiger partial charge in [0.1, 0.15) is 19.0 Å². The molecule has 8 heteroatoms. The summed E-state index contributed by atoms with van der Waals surface area (Å²) >= 11 is 5.84. The number of esters is 1. The summed E-state index contributed by atoms with van der Waals surface area (Å²) in [4.78, 5) is 12.1. The molecule has 6 nitrogen and oxygen atoms in total. The van der Waals surface area contributed by atoms with Crippen molar-refractivity contribution in [2.75, 3.05) is 24.2 Å². The van der Waals surface area contributed by atoms with Crippen molar-refractivity contribution in [2.45, 2.75) is 0 Å². The Hall–Kier alpha value is -2.25. The van der Waals surface area contributed by atoms with Crippen molar-refractivity contribution in [1.29, 1.82) is 0 Å². The number of hydrogen-bond acceptors (Lipinski definition) is 5. The van der Waals surface area contributed by atoms with Crippen LogP contribution in [0.3, 0.4) is 0 Å². The van der Waals surface area contributed by atoms with Crippen LogP contribution in [0.4, 0.5) is 5.69 Å². The first-order chi connectivity index (χ1) is 11.3. The van der Waals surface area contributed by atoms with Gasteiger partial charge in [-0.25, -0.2) is 13.2 Å². The van der Waals surface area contributed by atoms with Gasteiger partial charge in [0.25, 0.3) is 0 Å². The molecule has 2 aromatic carbocycles. The lowest BCUT2D eigenvalue weighted by Crippen LogP contribution is -2.16. The first kappa shape index (κ1) is 18.1. The van der Waals surface area contributed by atoms with Crippen LogP contribution in [-0.4, -0.2) is 33.9 Å². The number of sulfonamides is 1. The van der Waals surface area contributed by atoms with Crippen molar-refractivity contribution in [3.05, 3.63) is 59.1 Å². The SMILES string of the molecule is CS(=O)(=O)Nc1ccccc1C(=O)OCCOc1cccc(Cl)c1. The average molecular weight is 370 g/mol. The number of nitrogens with one attached hydrogen (secondary N) is 1. The van der Waals surface area contributed by atoms with E-state index in [0.29, 0.717) is 10.8 Å². The number of hydrogen-bond donors (Lipinski definition) is 1. The number of para-hydroxylation sites is 1. The maximum atomic E-state index is 12.1. The molecule has 0 aliphatic heterocycles. The highest BCUT2D eigenvalue weighted by molar-refractivity contribution is 7.92. The molecule has 0 saturated heterocycles. The van der Waals surface area contributed by atoms with Crippen LogP contribution in [0.5, 0.6) is 5.75 Å². The fraction of sp³-hybridized carbons (Fsp3) is 0.188. The van der Waals surface area contributed by atoms with E-state index in [1.54, 1.807) is 36.4 Å². The smallest absolute Gasteiger partial charge is 0.340 e. The predicted octanol–water partition coefficient (Wildman–Crippen LogP) is 2.95. The first-order valence-electron chi connectivity index (χ1n) is 6.97. The van der Waals surface area contributed by atoms with Gasteiger partial charge >= 0.3 is 5.97 Å². The number of benzene rings is 2. The summed E-state index contributed by atoms with van der Waals surface area (Å²) in [6.07, 6.45) is 1.01. The van der Waals surface area contributed by atoms with Gasteiger partial charge in [-0.05, 0) is 30.3 Å². The van der Waals surface area contributed by atoms with Gasteiger partial charge in [0, 0.05) is 5.02 Å². The highest BCUT2D eigenvalue weighted by Crippen LogP contribution is 2.18. The van der Waals surface area contributed by atoms with Gasteiger partial charge in [-0.2, -0.15) is 0 Å². The third-order valence-electron chi connectivity index (χ3n) is 2.82. The molecule has 1 N–H and O–H groups in total. The molecule has 0 aromatic heterocycles. The normalized spacial score (nSPS) is 10.9. The fourth-order valence-electron chi connectivity index (χ4n) is 1.88. The Morgan fingerprint density at radius 3 is 2.58 bits per heavy atom. The summed E-state index contributed by atoms with van der Waals surface area (Å²) in [7, 11) is -3.49. The number of carbonyl (C=O) groups is 1. The largest absolute Gasteiger partial charge is 0.490 e. The molecule has 0 unspecified atom stereocenters. The van der Waals surface area contributed by atoms with Crippen molar-refractivity contribution in [1.82, 2.24) is 0 Å². The Balaban J connectivity index is 1.91. The standard InChI is InChI=1S/C16H16ClNO5S/c1-24(20,21)18-15-8-3-2-7-14(15)16(19)23-10-9-22-13-6-4-5-12(17)11-13/h2-8,11,18H,9-10H2,1H3. The third-order valence-corrected chi connectivity index (χ3v) is 3.65. The van der Waals surface area contributed by atoms with Crippen LogP contribution in [0.15, 0.2) is 48.5 Å². The zero-order chi connectivity index (χ0) is 17.6. The molecule has 0 bridgehead atoms. The van der Waals surface area contributed by atoms with Crippen LogP contribution in [-0.2, 0) is 14.8 Å². The second-order valence-electron chi connectivity index (χ2n) is 4.86. The molecule has 0 spiro atoms. The fourth-order valence-corrected chi connectivity index (χ4v) is 2.64. The summed E-state index contributed by atoms with van der Waals surface area (Å²) in [5.74, 6) is -0.0749. The van der Waals surface area contributed by atoms with Crippen molar-refractivity contribution in [3.8, 4) is 5.75 Å². The van der Waals surface area contributed by atoms with Crippen LogP contribution < -0.4 is 9.46 Å². The Kier molecular flexibility index (Phi) is 6.05. The molecule has 0 aliphatic rings. The zero-order valence-corrected chi connectivity index (χ0v) is 14.4. The van der Waals surface area contributed by atoms with Crippen molar-refractivity contribution < 1.29 is 22.7 Å². The second kappa shape index (κ2) is 8.03. The van der Waals surface area contributed by atoms with Crippen LogP contribution >= 0.6 is 11.6 Å². The number of halogens is 1. The Bertz CT molecular complexity index is 823. The lowest BCUT2D eigenvalue weighted by molar-refractivity contribution is 0.0451. The van der Waals surface area contributed by atoms with Crippen molar-refractivity contribution in [3.63, 3.8) is 0 Å². The van der Waals surface area contributed by atoms with E-state index in [1.807, 2.05) is 0 Å². The molecular formula is C16H16ClNO5S. The molecule has 24 heavy (non-hydrogen) atoms. The summed E-state index contributed by atoms with van der Waals surface area (Å²) in [5.41, 5.74) is 0.298. The van der Waals surface area contributed by atoms with Gasteiger partial charge in [-0.15, -0.1) is 0 Å². The molecule has 0 atom stereocenters. The van der Waals surface area contributed by atoms with Crippen molar-refractivity contribution >= 4 is 33.3 Å². The minimum atomic E-state index is -3.49. The van der Waals surface area contributed by atoms with Crippen LogP contribution in [0.1, 0.15) is 10.4 Å². The van der Waals surface area contributed by atoms with Gasteiger partial charge in [-0.1, -0.05) is 29.8 Å². The summed E-state index contributed by atoms with van der Waals surface area (Å²) < 4.78 is 35.4. The van der Waals surface area contributed by atoms with Crippen LogP contribution in [0.25, 0.3) is 0 Å². The summed E-state index contributed by atoms with van der Waals surface area (Å²) in [6.45, 7) is 0.159. The minimum absolute atomic E-state index is 0.0125. The Morgan fingerprint density at radius 1 is 1.12 bits per heavy atom. The minimum Gasteiger partial charge on any atom is -0.490 e. The maximum absolute atomic E-state index is 12.1. The first-order valence-corrected chi connectivity index (χ1v) is 9.24. The zero-order valence-electron chi connectivity index (χ0n) is 12.9. The van der Waals surface area contributed by atoms with E-state index in [4.69, 9.17) is 21.1 Å². The number of ether oxygens (including phenoxy) is 2. The molecule has 0 heterocycles. The van der Waals surface area contributed by atoms with Gasteiger partial charge in [0.05, 0.1) is 17.5 Å². The lowest BCUT2D eigenvalue weighted by Gasteiger charge is -2.11. The van der Waals surface area contributed by atoms with Crippen LogP contribution in [0, 0.1) is 0 Å². The third kappa shape index (κ3) is 5.75. The molecule has 0 fully saturated rings. The molecule has 2 rings (SSSR count). The number of carbonyl (C=O) groups excluding carboxylic acids is 1. The van der Waals surface area contributed by atoms with Gasteiger partial charge < -0.3 is 9.47 Å². The molecule has 0 radical (unpaired) electrons. The molecule has 2 aromatic rings. The van der Waals surface area contributed by atoms with E-state index in [0.717, 1.165) is 6.26 Å². The van der Waals surface area contributed by atoms with E-state index in [1.165, 1.54) is 12.1 Å². The maximum Gasteiger partial charge on any atom is 0.340 e. The topological polar surface area (TPSA) is 81.7 Å². The van der Waals surface area contributed by atoms with E-state index in [2.05, 4.69) is 4.72 Å². The van der Waals surface area contributed by atoms with E-state index in [-0.39, 0.29) is 24.5 Å². The van der Waals surface area contributed by atoms with E-state index in [9.17, 15) is 13.2 Å². The quantitative estimate of drug-likeness (QED) is 0.599. The van der Waals surface area contributed by atoms with Crippen molar-refractivity contribution in [2.24, 2.45) is 0 Å². The molecule has 0 amide bonds. The number of anilines is 1. The molecule has 128 valence electrons. The average Bonchev–Trinajstić information content (AvgIpc) is 2.50. The van der Waals surface area contributed by atoms with E-state index >= 15 is 0 Å². The molecule has 0 saturated carbocycles. The monoisotopic (exact) mass is 369 g/mol.